The monoisotopic (exact) mass is 255 g/mol. The van der Waals surface area contributed by atoms with E-state index in [1.807, 2.05) is 7.05 Å². The number of aliphatic hydroxyl groups is 1. The molecule has 1 aromatic carbocycles. The Balaban J connectivity index is 3.28. The molecule has 1 atom stereocenters. The average Bonchev–Trinajstić information content (AvgIpc) is 2.43. The second-order valence-corrected chi connectivity index (χ2v) is 3.80. The summed E-state index contributed by atoms with van der Waals surface area (Å²) < 4.78 is 16.0. The third kappa shape index (κ3) is 3.05. The molecule has 18 heavy (non-hydrogen) atoms. The minimum atomic E-state index is -0.0363. The molecule has 2 N–H and O–H groups in total. The molecule has 0 aromatic heterocycles. The number of ether oxygens (including phenoxy) is 3. The third-order valence-electron chi connectivity index (χ3n) is 2.87. The van der Waals surface area contributed by atoms with Crippen molar-refractivity contribution >= 4 is 0 Å². The fourth-order valence-corrected chi connectivity index (χ4v) is 1.94. The standard InChI is InChI=1S/C13H21NO4/c1-14-10(5-6-15)13-11(17-3)7-9(16-2)8-12(13)18-4/h7-8,10,14-15H,5-6H2,1-4H3. The largest absolute Gasteiger partial charge is 0.496 e. The van der Waals surface area contributed by atoms with Crippen LogP contribution in [-0.2, 0) is 0 Å². The number of hydrogen-bond acceptors (Lipinski definition) is 5. The molecule has 5 heteroatoms. The highest BCUT2D eigenvalue weighted by Gasteiger charge is 2.20. The van der Waals surface area contributed by atoms with Crippen LogP contribution in [0.2, 0.25) is 0 Å². The van der Waals surface area contributed by atoms with Crippen LogP contribution in [0.15, 0.2) is 12.1 Å². The summed E-state index contributed by atoms with van der Waals surface area (Å²) in [7, 11) is 6.63. The molecule has 5 nitrogen and oxygen atoms in total. The second-order valence-electron chi connectivity index (χ2n) is 3.80. The van der Waals surface area contributed by atoms with Crippen LogP contribution in [0.25, 0.3) is 0 Å². The molecule has 0 bridgehead atoms. The first-order valence-corrected chi connectivity index (χ1v) is 5.79. The Bertz CT molecular complexity index is 356. The molecule has 0 aliphatic heterocycles. The molecule has 102 valence electrons. The smallest absolute Gasteiger partial charge is 0.131 e. The Morgan fingerprint density at radius 3 is 2.00 bits per heavy atom. The Kier molecular flexibility index (Phi) is 5.74. The van der Waals surface area contributed by atoms with E-state index in [0.29, 0.717) is 23.7 Å². The topological polar surface area (TPSA) is 60.0 Å². The summed E-state index contributed by atoms with van der Waals surface area (Å²) in [4.78, 5) is 0. The summed E-state index contributed by atoms with van der Waals surface area (Å²) in [6, 6.07) is 3.57. The highest BCUT2D eigenvalue weighted by Crippen LogP contribution is 2.39. The van der Waals surface area contributed by atoms with E-state index in [1.54, 1.807) is 33.5 Å². The van der Waals surface area contributed by atoms with Crippen molar-refractivity contribution in [2.45, 2.75) is 12.5 Å². The van der Waals surface area contributed by atoms with Crippen LogP contribution in [0.5, 0.6) is 17.2 Å². The van der Waals surface area contributed by atoms with Gasteiger partial charge in [0.05, 0.1) is 26.9 Å². The molecule has 1 aromatic rings. The van der Waals surface area contributed by atoms with E-state index in [0.717, 1.165) is 5.56 Å². The lowest BCUT2D eigenvalue weighted by Crippen LogP contribution is -2.19. The molecule has 0 saturated heterocycles. The van der Waals surface area contributed by atoms with Crippen LogP contribution >= 0.6 is 0 Å². The molecule has 0 saturated carbocycles. The zero-order valence-electron chi connectivity index (χ0n) is 11.3. The predicted molar refractivity (Wildman–Crippen MR) is 69.6 cm³/mol. The van der Waals surface area contributed by atoms with Gasteiger partial charge in [-0.05, 0) is 13.5 Å². The second kappa shape index (κ2) is 7.08. The quantitative estimate of drug-likeness (QED) is 0.770. The molecule has 0 fully saturated rings. The van der Waals surface area contributed by atoms with Crippen molar-refractivity contribution in [3.63, 3.8) is 0 Å². The van der Waals surface area contributed by atoms with E-state index in [2.05, 4.69) is 5.32 Å². The molecular formula is C13H21NO4. The van der Waals surface area contributed by atoms with Gasteiger partial charge in [0.15, 0.2) is 0 Å². The van der Waals surface area contributed by atoms with Crippen molar-refractivity contribution in [2.24, 2.45) is 0 Å². The van der Waals surface area contributed by atoms with Crippen molar-refractivity contribution in [1.82, 2.24) is 5.32 Å². The molecular weight excluding hydrogens is 234 g/mol. The Morgan fingerprint density at radius 2 is 1.67 bits per heavy atom. The Hall–Kier alpha value is -1.46. The van der Waals surface area contributed by atoms with Gasteiger partial charge in [0.1, 0.15) is 17.2 Å². The first-order chi connectivity index (χ1) is 8.71. The molecule has 0 amide bonds. The minimum Gasteiger partial charge on any atom is -0.496 e. The number of methoxy groups -OCH3 is 3. The maximum absolute atomic E-state index is 9.11. The SMILES string of the molecule is CNC(CCO)c1c(OC)cc(OC)cc1OC. The van der Waals surface area contributed by atoms with Gasteiger partial charge in [0, 0.05) is 24.8 Å². The third-order valence-corrected chi connectivity index (χ3v) is 2.87. The number of aliphatic hydroxyl groups excluding tert-OH is 1. The van der Waals surface area contributed by atoms with Crippen molar-refractivity contribution < 1.29 is 19.3 Å². The van der Waals surface area contributed by atoms with E-state index in [-0.39, 0.29) is 12.6 Å². The summed E-state index contributed by atoms with van der Waals surface area (Å²) in [5.41, 5.74) is 0.886. The maximum atomic E-state index is 9.11. The zero-order valence-corrected chi connectivity index (χ0v) is 11.3. The van der Waals surface area contributed by atoms with Gasteiger partial charge in [-0.25, -0.2) is 0 Å². The van der Waals surface area contributed by atoms with Crippen LogP contribution in [0.4, 0.5) is 0 Å². The Morgan fingerprint density at radius 1 is 1.11 bits per heavy atom. The van der Waals surface area contributed by atoms with Crippen molar-refractivity contribution in [3.8, 4) is 17.2 Å². The molecule has 0 aliphatic rings. The lowest BCUT2D eigenvalue weighted by molar-refractivity contribution is 0.264. The minimum absolute atomic E-state index is 0.0363. The number of benzene rings is 1. The molecule has 1 unspecified atom stereocenters. The van der Waals surface area contributed by atoms with Crippen LogP contribution in [0.3, 0.4) is 0 Å². The van der Waals surface area contributed by atoms with Gasteiger partial charge >= 0.3 is 0 Å². The summed E-state index contributed by atoms with van der Waals surface area (Å²) in [6.07, 6.45) is 0.579. The summed E-state index contributed by atoms with van der Waals surface area (Å²) in [6.45, 7) is 0.0871. The van der Waals surface area contributed by atoms with E-state index < -0.39 is 0 Å². The van der Waals surface area contributed by atoms with Gasteiger partial charge in [-0.15, -0.1) is 0 Å². The molecule has 1 rings (SSSR count). The lowest BCUT2D eigenvalue weighted by atomic mass is 10.0. The molecule has 0 spiro atoms. The average molecular weight is 255 g/mol. The van der Waals surface area contributed by atoms with E-state index in [9.17, 15) is 0 Å². The number of rotatable bonds is 7. The number of nitrogens with one attached hydrogen (secondary N) is 1. The van der Waals surface area contributed by atoms with Crippen molar-refractivity contribution in [2.75, 3.05) is 35.0 Å². The van der Waals surface area contributed by atoms with Crippen LogP contribution in [0.1, 0.15) is 18.0 Å². The fourth-order valence-electron chi connectivity index (χ4n) is 1.94. The van der Waals surface area contributed by atoms with Crippen molar-refractivity contribution in [1.29, 1.82) is 0 Å². The van der Waals surface area contributed by atoms with Crippen molar-refractivity contribution in [3.05, 3.63) is 17.7 Å². The first-order valence-electron chi connectivity index (χ1n) is 5.79. The highest BCUT2D eigenvalue weighted by molar-refractivity contribution is 5.52. The molecule has 0 aliphatic carbocycles. The van der Waals surface area contributed by atoms with Gasteiger partial charge in [-0.1, -0.05) is 0 Å². The first kappa shape index (κ1) is 14.6. The van der Waals surface area contributed by atoms with E-state index >= 15 is 0 Å². The Labute approximate surface area is 108 Å². The summed E-state index contributed by atoms with van der Waals surface area (Å²) >= 11 is 0. The van der Waals surface area contributed by atoms with E-state index in [4.69, 9.17) is 19.3 Å². The van der Waals surface area contributed by atoms with Gasteiger partial charge in [-0.2, -0.15) is 0 Å². The fraction of sp³-hybridized carbons (Fsp3) is 0.538. The van der Waals surface area contributed by atoms with E-state index in [1.165, 1.54) is 0 Å². The molecule has 0 radical (unpaired) electrons. The van der Waals surface area contributed by atoms with Crippen LogP contribution < -0.4 is 19.5 Å². The van der Waals surface area contributed by atoms with Crippen LogP contribution in [-0.4, -0.2) is 40.1 Å². The highest BCUT2D eigenvalue weighted by atomic mass is 16.5. The summed E-state index contributed by atoms with van der Waals surface area (Å²) in [5, 5.41) is 12.3. The maximum Gasteiger partial charge on any atom is 0.131 e. The van der Waals surface area contributed by atoms with Gasteiger partial charge in [0.25, 0.3) is 0 Å². The van der Waals surface area contributed by atoms with Gasteiger partial charge < -0.3 is 24.6 Å². The number of hydrogen-bond donors (Lipinski definition) is 2. The summed E-state index contributed by atoms with van der Waals surface area (Å²) in [5.74, 6) is 2.03. The van der Waals surface area contributed by atoms with Gasteiger partial charge in [0.2, 0.25) is 0 Å². The zero-order chi connectivity index (χ0) is 13.5. The van der Waals surface area contributed by atoms with Gasteiger partial charge in [-0.3, -0.25) is 0 Å². The van der Waals surface area contributed by atoms with Crippen LogP contribution in [0, 0.1) is 0 Å². The normalized spacial score (nSPS) is 12.1. The lowest BCUT2D eigenvalue weighted by Gasteiger charge is -2.22. The predicted octanol–water partition coefficient (Wildman–Crippen LogP) is 1.36. The molecule has 0 heterocycles.